The minimum Gasteiger partial charge on any atom is -0.435 e. The summed E-state index contributed by atoms with van der Waals surface area (Å²) in [5.74, 6) is 0.154. The van der Waals surface area contributed by atoms with Crippen LogP contribution in [0, 0.1) is 6.92 Å². The van der Waals surface area contributed by atoms with E-state index in [2.05, 4.69) is 31.0 Å². The van der Waals surface area contributed by atoms with Gasteiger partial charge in [-0.25, -0.2) is 4.98 Å². The zero-order chi connectivity index (χ0) is 15.4. The van der Waals surface area contributed by atoms with E-state index in [1.807, 2.05) is 32.0 Å². The zero-order valence-electron chi connectivity index (χ0n) is 11.6. The van der Waals surface area contributed by atoms with Crippen LogP contribution >= 0.6 is 15.9 Å². The van der Waals surface area contributed by atoms with Crippen molar-refractivity contribution in [3.63, 3.8) is 0 Å². The maximum atomic E-state index is 12.2. The molecule has 1 heterocycles. The molecular formula is C15H15BrF2N2O. The Morgan fingerprint density at radius 3 is 2.67 bits per heavy atom. The Morgan fingerprint density at radius 2 is 2.00 bits per heavy atom. The first-order valence-corrected chi connectivity index (χ1v) is 7.19. The molecule has 3 nitrogen and oxygen atoms in total. The molecule has 0 aliphatic rings. The van der Waals surface area contributed by atoms with E-state index in [-0.39, 0.29) is 11.8 Å². The molecule has 2 aromatic rings. The monoisotopic (exact) mass is 356 g/mol. The van der Waals surface area contributed by atoms with Gasteiger partial charge in [-0.2, -0.15) is 8.78 Å². The SMILES string of the molecule is Cc1nc(Br)ccc1NC(C)c1cccc(OC(F)F)c1. The predicted molar refractivity (Wildman–Crippen MR) is 81.8 cm³/mol. The maximum absolute atomic E-state index is 12.2. The van der Waals surface area contributed by atoms with Gasteiger partial charge >= 0.3 is 6.61 Å². The van der Waals surface area contributed by atoms with Crippen molar-refractivity contribution in [2.45, 2.75) is 26.5 Å². The summed E-state index contributed by atoms with van der Waals surface area (Å²) in [6.45, 7) is 1.03. The van der Waals surface area contributed by atoms with Crippen LogP contribution in [0.25, 0.3) is 0 Å². The Balaban J connectivity index is 2.14. The first kappa shape index (κ1) is 15.7. The number of hydrogen-bond donors (Lipinski definition) is 1. The average Bonchev–Trinajstić information content (AvgIpc) is 2.41. The number of nitrogens with zero attached hydrogens (tertiary/aromatic N) is 1. The highest BCUT2D eigenvalue weighted by atomic mass is 79.9. The highest BCUT2D eigenvalue weighted by Gasteiger charge is 2.10. The van der Waals surface area contributed by atoms with Gasteiger partial charge in [0.1, 0.15) is 10.4 Å². The van der Waals surface area contributed by atoms with Crippen LogP contribution in [0.3, 0.4) is 0 Å². The van der Waals surface area contributed by atoms with Gasteiger partial charge in [-0.05, 0) is 59.6 Å². The third-order valence-corrected chi connectivity index (χ3v) is 3.45. The van der Waals surface area contributed by atoms with Gasteiger partial charge < -0.3 is 10.1 Å². The summed E-state index contributed by atoms with van der Waals surface area (Å²) < 4.78 is 29.7. The molecule has 1 unspecified atom stereocenters. The number of hydrogen-bond acceptors (Lipinski definition) is 3. The van der Waals surface area contributed by atoms with Gasteiger partial charge in [0.15, 0.2) is 0 Å². The molecule has 21 heavy (non-hydrogen) atoms. The zero-order valence-corrected chi connectivity index (χ0v) is 13.2. The number of aryl methyl sites for hydroxylation is 1. The molecule has 6 heteroatoms. The van der Waals surface area contributed by atoms with Crippen molar-refractivity contribution >= 4 is 21.6 Å². The van der Waals surface area contributed by atoms with E-state index >= 15 is 0 Å². The number of nitrogens with one attached hydrogen (secondary N) is 1. The summed E-state index contributed by atoms with van der Waals surface area (Å²) in [5.41, 5.74) is 2.61. The first-order chi connectivity index (χ1) is 9.95. The van der Waals surface area contributed by atoms with Crippen LogP contribution in [0.2, 0.25) is 0 Å². The van der Waals surface area contributed by atoms with Crippen molar-refractivity contribution in [2.75, 3.05) is 5.32 Å². The molecule has 0 aliphatic heterocycles. The third-order valence-electron chi connectivity index (χ3n) is 3.01. The third kappa shape index (κ3) is 4.39. The van der Waals surface area contributed by atoms with E-state index < -0.39 is 6.61 Å². The van der Waals surface area contributed by atoms with E-state index in [0.29, 0.717) is 0 Å². The van der Waals surface area contributed by atoms with Crippen LogP contribution in [0.15, 0.2) is 41.0 Å². The number of benzene rings is 1. The quantitative estimate of drug-likeness (QED) is 0.771. The first-order valence-electron chi connectivity index (χ1n) is 6.40. The number of aromatic nitrogens is 1. The van der Waals surface area contributed by atoms with Gasteiger partial charge in [-0.3, -0.25) is 0 Å². The fraction of sp³-hybridized carbons (Fsp3) is 0.267. The molecule has 1 atom stereocenters. The summed E-state index contributed by atoms with van der Waals surface area (Å²) in [6, 6.07) is 10.4. The molecule has 0 aliphatic carbocycles. The largest absolute Gasteiger partial charge is 0.435 e. The summed E-state index contributed by atoms with van der Waals surface area (Å²) in [7, 11) is 0. The van der Waals surface area contributed by atoms with E-state index in [1.165, 1.54) is 6.07 Å². The second-order valence-corrected chi connectivity index (χ2v) is 5.40. The molecule has 0 spiro atoms. The van der Waals surface area contributed by atoms with Crippen molar-refractivity contribution < 1.29 is 13.5 Å². The average molecular weight is 357 g/mol. The van der Waals surface area contributed by atoms with Crippen LogP contribution in [-0.4, -0.2) is 11.6 Å². The smallest absolute Gasteiger partial charge is 0.387 e. The summed E-state index contributed by atoms with van der Waals surface area (Å²) in [4.78, 5) is 4.31. The molecular weight excluding hydrogens is 342 g/mol. The van der Waals surface area contributed by atoms with Gasteiger partial charge in [0.25, 0.3) is 0 Å². The molecule has 1 aromatic heterocycles. The van der Waals surface area contributed by atoms with E-state index in [0.717, 1.165) is 21.5 Å². The lowest BCUT2D eigenvalue weighted by Gasteiger charge is -2.18. The van der Waals surface area contributed by atoms with Crippen molar-refractivity contribution in [3.8, 4) is 5.75 Å². The van der Waals surface area contributed by atoms with Gasteiger partial charge in [0.2, 0.25) is 0 Å². The highest BCUT2D eigenvalue weighted by Crippen LogP contribution is 2.25. The molecule has 112 valence electrons. The fourth-order valence-electron chi connectivity index (χ4n) is 1.96. The molecule has 0 saturated heterocycles. The highest BCUT2D eigenvalue weighted by molar-refractivity contribution is 9.10. The second kappa shape index (κ2) is 6.85. The van der Waals surface area contributed by atoms with E-state index in [4.69, 9.17) is 0 Å². The summed E-state index contributed by atoms with van der Waals surface area (Å²) in [5, 5.41) is 3.31. The van der Waals surface area contributed by atoms with Gasteiger partial charge in [-0.15, -0.1) is 0 Å². The lowest BCUT2D eigenvalue weighted by Crippen LogP contribution is -2.09. The van der Waals surface area contributed by atoms with E-state index in [1.54, 1.807) is 12.1 Å². The van der Waals surface area contributed by atoms with Crippen LogP contribution in [0.4, 0.5) is 14.5 Å². The molecule has 2 rings (SSSR count). The molecule has 0 fully saturated rings. The van der Waals surface area contributed by atoms with Crippen LogP contribution in [0.5, 0.6) is 5.75 Å². The maximum Gasteiger partial charge on any atom is 0.387 e. The van der Waals surface area contributed by atoms with Gasteiger partial charge in [0.05, 0.1) is 11.4 Å². The number of anilines is 1. The Bertz CT molecular complexity index is 622. The molecule has 0 bridgehead atoms. The number of ether oxygens (including phenoxy) is 1. The van der Waals surface area contributed by atoms with Crippen molar-refractivity contribution in [1.29, 1.82) is 0 Å². The fourth-order valence-corrected chi connectivity index (χ4v) is 2.36. The normalized spacial score (nSPS) is 12.3. The molecule has 1 N–H and O–H groups in total. The number of rotatable bonds is 5. The van der Waals surface area contributed by atoms with Gasteiger partial charge in [0, 0.05) is 6.04 Å². The second-order valence-electron chi connectivity index (χ2n) is 4.58. The van der Waals surface area contributed by atoms with Crippen LogP contribution < -0.4 is 10.1 Å². The minimum atomic E-state index is -2.82. The lowest BCUT2D eigenvalue weighted by atomic mass is 10.1. The number of pyridine rings is 1. The molecule has 0 saturated carbocycles. The van der Waals surface area contributed by atoms with E-state index in [9.17, 15) is 8.78 Å². The van der Waals surface area contributed by atoms with Crippen molar-refractivity contribution in [1.82, 2.24) is 4.98 Å². The summed E-state index contributed by atoms with van der Waals surface area (Å²) >= 11 is 3.31. The standard InChI is InChI=1S/C15H15BrF2N2O/c1-9(19-13-6-7-14(16)20-10(13)2)11-4-3-5-12(8-11)21-15(17)18/h3-9,15,19H,1-2H3. The molecule has 0 amide bonds. The van der Waals surface area contributed by atoms with Crippen LogP contribution in [0.1, 0.15) is 24.2 Å². The minimum absolute atomic E-state index is 0.0621. The summed E-state index contributed by atoms with van der Waals surface area (Å²) in [6.07, 6.45) is 0. The Morgan fingerprint density at radius 1 is 1.24 bits per heavy atom. The Labute approximate surface area is 130 Å². The number of halogens is 3. The molecule has 1 aromatic carbocycles. The predicted octanol–water partition coefficient (Wildman–Crippen LogP) is 4.93. The van der Waals surface area contributed by atoms with Gasteiger partial charge in [-0.1, -0.05) is 12.1 Å². The molecule has 0 radical (unpaired) electrons. The topological polar surface area (TPSA) is 34.2 Å². The van der Waals surface area contributed by atoms with Crippen molar-refractivity contribution in [2.24, 2.45) is 0 Å². The lowest BCUT2D eigenvalue weighted by molar-refractivity contribution is -0.0498. The Hall–Kier alpha value is -1.69. The number of alkyl halides is 2. The van der Waals surface area contributed by atoms with Crippen molar-refractivity contribution in [3.05, 3.63) is 52.3 Å². The Kier molecular flexibility index (Phi) is 5.12. The van der Waals surface area contributed by atoms with Crippen LogP contribution in [-0.2, 0) is 0 Å².